The summed E-state index contributed by atoms with van der Waals surface area (Å²) in [6, 6.07) is 12.9. The monoisotopic (exact) mass is 471 g/mol. The van der Waals surface area contributed by atoms with Crippen molar-refractivity contribution in [2.75, 3.05) is 11.1 Å². The second-order valence-corrected chi connectivity index (χ2v) is 7.83. The van der Waals surface area contributed by atoms with Gasteiger partial charge >= 0.3 is 0 Å². The van der Waals surface area contributed by atoms with Gasteiger partial charge < -0.3 is 9.73 Å². The Labute approximate surface area is 172 Å². The summed E-state index contributed by atoms with van der Waals surface area (Å²) >= 11 is 16.5. The summed E-state index contributed by atoms with van der Waals surface area (Å²) in [5, 5.41) is 11.7. The Kier molecular flexibility index (Phi) is 6.58. The second-order valence-electron chi connectivity index (χ2n) is 5.20. The lowest BCUT2D eigenvalue weighted by Crippen LogP contribution is -2.14. The molecule has 134 valence electrons. The number of anilines is 1. The minimum atomic E-state index is -0.244. The summed E-state index contributed by atoms with van der Waals surface area (Å²) in [6.45, 7) is 0. The molecule has 0 aliphatic heterocycles. The van der Waals surface area contributed by atoms with Crippen LogP contribution >= 0.6 is 50.9 Å². The molecule has 9 heteroatoms. The zero-order valence-electron chi connectivity index (χ0n) is 13.2. The molecule has 0 saturated carbocycles. The van der Waals surface area contributed by atoms with Gasteiger partial charge in [0.2, 0.25) is 11.8 Å². The highest BCUT2D eigenvalue weighted by Gasteiger charge is 2.12. The van der Waals surface area contributed by atoms with Crippen molar-refractivity contribution in [2.24, 2.45) is 0 Å². The van der Waals surface area contributed by atoms with E-state index in [1.807, 2.05) is 24.3 Å². The van der Waals surface area contributed by atoms with Gasteiger partial charge in [-0.05, 0) is 29.8 Å². The van der Waals surface area contributed by atoms with Crippen LogP contribution in [0.1, 0.15) is 11.5 Å². The topological polar surface area (TPSA) is 68.0 Å². The molecule has 1 heterocycles. The average Bonchev–Trinajstić information content (AvgIpc) is 3.07. The van der Waals surface area contributed by atoms with Crippen LogP contribution in [0.3, 0.4) is 0 Å². The molecule has 0 radical (unpaired) electrons. The Hall–Kier alpha value is -1.54. The smallest absolute Gasteiger partial charge is 0.277 e. The van der Waals surface area contributed by atoms with Gasteiger partial charge in [0.1, 0.15) is 0 Å². The molecular formula is C17H12BrCl2N3O2S. The van der Waals surface area contributed by atoms with Gasteiger partial charge in [-0.25, -0.2) is 0 Å². The number of carbonyl (C=O) groups is 1. The zero-order chi connectivity index (χ0) is 18.5. The number of hydrogen-bond donors (Lipinski definition) is 1. The maximum Gasteiger partial charge on any atom is 0.277 e. The third-order valence-corrected chi connectivity index (χ3v) is 5.44. The van der Waals surface area contributed by atoms with Crippen LogP contribution in [-0.2, 0) is 11.2 Å². The molecule has 0 fully saturated rings. The van der Waals surface area contributed by atoms with E-state index in [-0.39, 0.29) is 11.7 Å². The molecule has 0 aliphatic carbocycles. The van der Waals surface area contributed by atoms with E-state index in [2.05, 4.69) is 31.4 Å². The molecule has 1 aromatic heterocycles. The number of nitrogens with zero attached hydrogens (tertiary/aromatic N) is 2. The maximum atomic E-state index is 12.1. The molecule has 0 spiro atoms. The normalized spacial score (nSPS) is 10.7. The minimum Gasteiger partial charge on any atom is -0.416 e. The van der Waals surface area contributed by atoms with Gasteiger partial charge in [0.25, 0.3) is 5.22 Å². The lowest BCUT2D eigenvalue weighted by atomic mass is 10.2. The highest BCUT2D eigenvalue weighted by Crippen LogP contribution is 2.29. The lowest BCUT2D eigenvalue weighted by Gasteiger charge is -2.07. The van der Waals surface area contributed by atoms with Gasteiger partial charge in [0.05, 0.1) is 27.9 Å². The van der Waals surface area contributed by atoms with Gasteiger partial charge in [-0.1, -0.05) is 69.1 Å². The van der Waals surface area contributed by atoms with Crippen molar-refractivity contribution in [1.29, 1.82) is 0 Å². The number of rotatable bonds is 6. The summed E-state index contributed by atoms with van der Waals surface area (Å²) in [5.41, 5.74) is 1.52. The van der Waals surface area contributed by atoms with E-state index < -0.39 is 0 Å². The van der Waals surface area contributed by atoms with Crippen molar-refractivity contribution in [2.45, 2.75) is 11.6 Å². The SMILES string of the molecule is O=C(CSc1nnc(Cc2ccc(Br)cc2)o1)Nc1cccc(Cl)c1Cl. The van der Waals surface area contributed by atoms with Gasteiger partial charge in [-0.2, -0.15) is 0 Å². The van der Waals surface area contributed by atoms with E-state index in [4.69, 9.17) is 27.6 Å². The van der Waals surface area contributed by atoms with Crippen LogP contribution in [0, 0.1) is 0 Å². The zero-order valence-corrected chi connectivity index (χ0v) is 17.1. The Morgan fingerprint density at radius 2 is 1.92 bits per heavy atom. The highest BCUT2D eigenvalue weighted by molar-refractivity contribution is 9.10. The van der Waals surface area contributed by atoms with Crippen molar-refractivity contribution in [1.82, 2.24) is 10.2 Å². The first-order chi connectivity index (χ1) is 12.5. The number of thioether (sulfide) groups is 1. The van der Waals surface area contributed by atoms with Gasteiger partial charge in [-0.15, -0.1) is 10.2 Å². The van der Waals surface area contributed by atoms with Crippen LogP contribution in [-0.4, -0.2) is 21.9 Å². The van der Waals surface area contributed by atoms with Crippen LogP contribution in [0.4, 0.5) is 5.69 Å². The number of carbonyl (C=O) groups excluding carboxylic acids is 1. The molecule has 5 nitrogen and oxygen atoms in total. The molecule has 1 amide bonds. The van der Waals surface area contributed by atoms with E-state index in [1.54, 1.807) is 18.2 Å². The fourth-order valence-corrected chi connectivity index (χ4v) is 3.25. The first-order valence-electron chi connectivity index (χ1n) is 7.45. The Morgan fingerprint density at radius 1 is 1.15 bits per heavy atom. The van der Waals surface area contributed by atoms with Gasteiger partial charge in [0.15, 0.2) is 0 Å². The summed E-state index contributed by atoms with van der Waals surface area (Å²) in [7, 11) is 0. The third kappa shape index (κ3) is 5.23. The predicted octanol–water partition coefficient (Wildman–Crippen LogP) is 5.46. The Bertz CT molecular complexity index is 919. The van der Waals surface area contributed by atoms with Crippen molar-refractivity contribution < 1.29 is 9.21 Å². The van der Waals surface area contributed by atoms with Crippen molar-refractivity contribution in [3.8, 4) is 0 Å². The van der Waals surface area contributed by atoms with Gasteiger partial charge in [0, 0.05) is 4.47 Å². The van der Waals surface area contributed by atoms with E-state index in [0.717, 1.165) is 21.8 Å². The van der Waals surface area contributed by atoms with E-state index in [1.165, 1.54) is 0 Å². The summed E-state index contributed by atoms with van der Waals surface area (Å²) in [6.07, 6.45) is 0.533. The van der Waals surface area contributed by atoms with Crippen LogP contribution in [0.25, 0.3) is 0 Å². The van der Waals surface area contributed by atoms with Crippen LogP contribution in [0.5, 0.6) is 0 Å². The van der Waals surface area contributed by atoms with Gasteiger partial charge in [-0.3, -0.25) is 4.79 Å². The highest BCUT2D eigenvalue weighted by atomic mass is 79.9. The molecule has 1 N–H and O–H groups in total. The molecule has 0 aliphatic rings. The fraction of sp³-hybridized carbons (Fsp3) is 0.118. The first kappa shape index (κ1) is 19.2. The molecule has 0 bridgehead atoms. The molecule has 2 aromatic carbocycles. The molecule has 3 rings (SSSR count). The largest absolute Gasteiger partial charge is 0.416 e. The molecule has 26 heavy (non-hydrogen) atoms. The van der Waals surface area contributed by atoms with Crippen molar-refractivity contribution in [3.63, 3.8) is 0 Å². The van der Waals surface area contributed by atoms with E-state index >= 15 is 0 Å². The summed E-state index contributed by atoms with van der Waals surface area (Å²) in [4.78, 5) is 12.1. The third-order valence-electron chi connectivity index (χ3n) is 3.27. The average molecular weight is 473 g/mol. The van der Waals surface area contributed by atoms with Crippen LogP contribution in [0.2, 0.25) is 10.0 Å². The number of benzene rings is 2. The molecule has 3 aromatic rings. The molecule has 0 atom stereocenters. The quantitative estimate of drug-likeness (QED) is 0.482. The van der Waals surface area contributed by atoms with E-state index in [0.29, 0.717) is 33.3 Å². The Morgan fingerprint density at radius 3 is 2.69 bits per heavy atom. The summed E-state index contributed by atoms with van der Waals surface area (Å²) in [5.74, 6) is 0.364. The standard InChI is InChI=1S/C17H12BrCl2N3O2S/c18-11-6-4-10(5-7-11)8-15-22-23-17(25-15)26-9-14(24)21-13-3-1-2-12(19)16(13)20/h1-7H,8-9H2,(H,21,24). The fourth-order valence-electron chi connectivity index (χ4n) is 2.06. The summed E-state index contributed by atoms with van der Waals surface area (Å²) < 4.78 is 6.57. The van der Waals surface area contributed by atoms with Crippen LogP contribution in [0.15, 0.2) is 56.6 Å². The maximum absolute atomic E-state index is 12.1. The second kappa shape index (κ2) is 8.90. The molecule has 0 saturated heterocycles. The molecule has 0 unspecified atom stereocenters. The van der Waals surface area contributed by atoms with Crippen LogP contribution < -0.4 is 5.32 Å². The first-order valence-corrected chi connectivity index (χ1v) is 9.98. The van der Waals surface area contributed by atoms with E-state index in [9.17, 15) is 4.79 Å². The lowest BCUT2D eigenvalue weighted by molar-refractivity contribution is -0.113. The number of hydrogen-bond acceptors (Lipinski definition) is 5. The Balaban J connectivity index is 1.53. The number of aromatic nitrogens is 2. The minimum absolute atomic E-state index is 0.114. The molecular weight excluding hydrogens is 461 g/mol. The number of nitrogens with one attached hydrogen (secondary N) is 1. The predicted molar refractivity (Wildman–Crippen MR) is 107 cm³/mol. The number of halogens is 3. The number of amides is 1. The van der Waals surface area contributed by atoms with Crippen molar-refractivity contribution >= 4 is 62.5 Å². The van der Waals surface area contributed by atoms with Crippen molar-refractivity contribution in [3.05, 3.63) is 68.4 Å².